The molecule has 1 aromatic carbocycles. The molecule has 0 N–H and O–H groups in total. The normalized spacial score (nSPS) is 23.9. The maximum Gasteiger partial charge on any atom is 0.263 e. The Hall–Kier alpha value is -2.88. The molecule has 4 nitrogen and oxygen atoms in total. The van der Waals surface area contributed by atoms with E-state index >= 15 is 0 Å². The van der Waals surface area contributed by atoms with Gasteiger partial charge in [0.15, 0.2) is 0 Å². The van der Waals surface area contributed by atoms with Crippen LogP contribution in [-0.4, -0.2) is 15.9 Å². The van der Waals surface area contributed by atoms with Gasteiger partial charge < -0.3 is 4.90 Å². The van der Waals surface area contributed by atoms with Crippen LogP contribution in [0.15, 0.2) is 71.7 Å². The van der Waals surface area contributed by atoms with Gasteiger partial charge in [0.2, 0.25) is 0 Å². The van der Waals surface area contributed by atoms with E-state index in [1.54, 1.807) is 4.40 Å². The number of benzene rings is 1. The lowest BCUT2D eigenvalue weighted by Crippen LogP contribution is -2.34. The SMILES string of the molecule is C/C=C/[C@@H]1[C@@H]2CN(Cc3ccccc3)c3nc4ccccn4c(=O)c3[C@H]12. The molecule has 3 heterocycles. The summed E-state index contributed by atoms with van der Waals surface area (Å²) in [6.45, 7) is 3.80. The lowest BCUT2D eigenvalue weighted by molar-refractivity contribution is 0.652. The van der Waals surface area contributed by atoms with Crippen molar-refractivity contribution in [2.45, 2.75) is 19.4 Å². The number of hydrogen-bond donors (Lipinski definition) is 0. The van der Waals surface area contributed by atoms with E-state index in [-0.39, 0.29) is 5.56 Å². The lowest BCUT2D eigenvalue weighted by atomic mass is 10.1. The molecular formula is C22H21N3O. The van der Waals surface area contributed by atoms with E-state index < -0.39 is 0 Å². The Morgan fingerprint density at radius 2 is 1.96 bits per heavy atom. The van der Waals surface area contributed by atoms with Gasteiger partial charge in [-0.2, -0.15) is 0 Å². The maximum atomic E-state index is 13.2. The van der Waals surface area contributed by atoms with Crippen LogP contribution in [0.25, 0.3) is 5.65 Å². The molecule has 0 saturated heterocycles. The molecule has 1 saturated carbocycles. The second kappa shape index (κ2) is 5.84. The van der Waals surface area contributed by atoms with Gasteiger partial charge in [-0.05, 0) is 36.5 Å². The number of pyridine rings is 1. The molecule has 1 aliphatic heterocycles. The van der Waals surface area contributed by atoms with Gasteiger partial charge in [0.05, 0.1) is 5.56 Å². The van der Waals surface area contributed by atoms with Crippen LogP contribution < -0.4 is 10.5 Å². The number of allylic oxidation sites excluding steroid dienone is 2. The van der Waals surface area contributed by atoms with Crippen LogP contribution in [0, 0.1) is 11.8 Å². The Labute approximate surface area is 152 Å². The average Bonchev–Trinajstić information content (AvgIpc) is 3.35. The summed E-state index contributed by atoms with van der Waals surface area (Å²) in [5.74, 6) is 2.15. The molecule has 1 aliphatic carbocycles. The smallest absolute Gasteiger partial charge is 0.263 e. The zero-order valence-corrected chi connectivity index (χ0v) is 14.7. The predicted octanol–water partition coefficient (Wildman–Crippen LogP) is 3.62. The highest BCUT2D eigenvalue weighted by atomic mass is 16.1. The Morgan fingerprint density at radius 3 is 2.77 bits per heavy atom. The minimum absolute atomic E-state index is 0.0883. The minimum atomic E-state index is 0.0883. The second-order valence-corrected chi connectivity index (χ2v) is 7.24. The number of nitrogens with zero attached hydrogens (tertiary/aromatic N) is 3. The van der Waals surface area contributed by atoms with E-state index in [0.717, 1.165) is 30.1 Å². The van der Waals surface area contributed by atoms with Gasteiger partial charge in [0.25, 0.3) is 5.56 Å². The lowest BCUT2D eigenvalue weighted by Gasteiger charge is -2.29. The molecule has 0 amide bonds. The molecular weight excluding hydrogens is 322 g/mol. The molecule has 26 heavy (non-hydrogen) atoms. The van der Waals surface area contributed by atoms with Crippen LogP contribution in [-0.2, 0) is 6.54 Å². The van der Waals surface area contributed by atoms with Gasteiger partial charge in [-0.1, -0.05) is 48.6 Å². The van der Waals surface area contributed by atoms with Crippen molar-refractivity contribution >= 4 is 11.5 Å². The van der Waals surface area contributed by atoms with Crippen molar-refractivity contribution in [3.8, 4) is 0 Å². The van der Waals surface area contributed by atoms with Crippen molar-refractivity contribution in [3.05, 3.63) is 88.4 Å². The molecule has 4 heteroatoms. The van der Waals surface area contributed by atoms with Crippen LogP contribution in [0.1, 0.15) is 24.0 Å². The number of aromatic nitrogens is 2. The van der Waals surface area contributed by atoms with Crippen LogP contribution in [0.3, 0.4) is 0 Å². The Bertz CT molecular complexity index is 1050. The first-order valence-corrected chi connectivity index (χ1v) is 9.21. The summed E-state index contributed by atoms with van der Waals surface area (Å²) in [6.07, 6.45) is 6.18. The van der Waals surface area contributed by atoms with E-state index in [4.69, 9.17) is 4.98 Å². The van der Waals surface area contributed by atoms with Crippen molar-refractivity contribution in [3.63, 3.8) is 0 Å². The summed E-state index contributed by atoms with van der Waals surface area (Å²) in [6, 6.07) is 16.2. The Kier molecular flexibility index (Phi) is 3.45. The summed E-state index contributed by atoms with van der Waals surface area (Å²) >= 11 is 0. The molecule has 0 spiro atoms. The van der Waals surface area contributed by atoms with E-state index in [9.17, 15) is 4.79 Å². The van der Waals surface area contributed by atoms with Crippen molar-refractivity contribution in [1.29, 1.82) is 0 Å². The summed E-state index contributed by atoms with van der Waals surface area (Å²) in [7, 11) is 0. The average molecular weight is 343 g/mol. The van der Waals surface area contributed by atoms with E-state index in [0.29, 0.717) is 17.8 Å². The van der Waals surface area contributed by atoms with E-state index in [2.05, 4.69) is 48.2 Å². The van der Waals surface area contributed by atoms with Crippen molar-refractivity contribution in [2.24, 2.45) is 11.8 Å². The van der Waals surface area contributed by atoms with E-state index in [1.165, 1.54) is 5.56 Å². The van der Waals surface area contributed by atoms with Crippen molar-refractivity contribution in [2.75, 3.05) is 11.4 Å². The second-order valence-electron chi connectivity index (χ2n) is 7.24. The largest absolute Gasteiger partial charge is 0.351 e. The molecule has 3 aromatic rings. The quantitative estimate of drug-likeness (QED) is 0.682. The molecule has 2 aliphatic rings. The predicted molar refractivity (Wildman–Crippen MR) is 103 cm³/mol. The summed E-state index contributed by atoms with van der Waals surface area (Å²) in [5.41, 5.74) is 2.94. The molecule has 0 unspecified atom stereocenters. The van der Waals surface area contributed by atoms with Gasteiger partial charge >= 0.3 is 0 Å². The van der Waals surface area contributed by atoms with Crippen LogP contribution in [0.4, 0.5) is 5.82 Å². The van der Waals surface area contributed by atoms with E-state index in [1.807, 2.05) is 30.5 Å². The number of rotatable bonds is 3. The fourth-order valence-electron chi connectivity index (χ4n) is 4.43. The first kappa shape index (κ1) is 15.4. The number of hydrogen-bond acceptors (Lipinski definition) is 3. The van der Waals surface area contributed by atoms with Crippen molar-refractivity contribution in [1.82, 2.24) is 9.38 Å². The first-order valence-electron chi connectivity index (χ1n) is 9.21. The van der Waals surface area contributed by atoms with Gasteiger partial charge in [-0.3, -0.25) is 9.20 Å². The minimum Gasteiger partial charge on any atom is -0.351 e. The molecule has 2 aromatic heterocycles. The third-order valence-electron chi connectivity index (χ3n) is 5.67. The van der Waals surface area contributed by atoms with Gasteiger partial charge in [-0.25, -0.2) is 4.98 Å². The maximum absolute atomic E-state index is 13.2. The summed E-state index contributed by atoms with van der Waals surface area (Å²) < 4.78 is 1.69. The number of fused-ring (bicyclic) bond motifs is 4. The molecule has 1 fully saturated rings. The van der Waals surface area contributed by atoms with Gasteiger partial charge in [0.1, 0.15) is 11.5 Å². The first-order chi connectivity index (χ1) is 12.8. The zero-order valence-electron chi connectivity index (χ0n) is 14.7. The monoisotopic (exact) mass is 343 g/mol. The molecule has 0 bridgehead atoms. The highest BCUT2D eigenvalue weighted by Crippen LogP contribution is 2.59. The Balaban J connectivity index is 1.66. The molecule has 130 valence electrons. The third kappa shape index (κ3) is 2.29. The molecule has 3 atom stereocenters. The van der Waals surface area contributed by atoms with Crippen LogP contribution >= 0.6 is 0 Å². The van der Waals surface area contributed by atoms with Crippen LogP contribution in [0.2, 0.25) is 0 Å². The zero-order chi connectivity index (χ0) is 17.7. The third-order valence-corrected chi connectivity index (χ3v) is 5.67. The molecule has 5 rings (SSSR count). The number of anilines is 1. The fraction of sp³-hybridized carbons (Fsp3) is 0.273. The standard InChI is InChI=1S/C22H21N3O/c1-2-8-16-17-14-24(13-15-9-4-3-5-10-15)21-20(19(16)17)22(26)25-12-7-6-11-18(25)23-21/h2-12,16-17,19H,13-14H2,1H3/b8-2+/t16-,17+,19-/m1/s1. The topological polar surface area (TPSA) is 37.6 Å². The highest BCUT2D eigenvalue weighted by Gasteiger charge is 2.55. The van der Waals surface area contributed by atoms with Crippen LogP contribution in [0.5, 0.6) is 0 Å². The Morgan fingerprint density at radius 1 is 1.15 bits per heavy atom. The highest BCUT2D eigenvalue weighted by molar-refractivity contribution is 5.60. The summed E-state index contributed by atoms with van der Waals surface area (Å²) in [5, 5.41) is 0. The molecule has 0 radical (unpaired) electrons. The van der Waals surface area contributed by atoms with Gasteiger partial charge in [0, 0.05) is 25.2 Å². The fourth-order valence-corrected chi connectivity index (χ4v) is 4.43. The van der Waals surface area contributed by atoms with Gasteiger partial charge in [-0.15, -0.1) is 0 Å². The summed E-state index contributed by atoms with van der Waals surface area (Å²) in [4.78, 5) is 20.4. The van der Waals surface area contributed by atoms with Crippen molar-refractivity contribution < 1.29 is 0 Å².